The van der Waals surface area contributed by atoms with E-state index in [2.05, 4.69) is 4.98 Å². The third-order valence-electron chi connectivity index (χ3n) is 1.41. The summed E-state index contributed by atoms with van der Waals surface area (Å²) in [5.74, 6) is 0. The number of hydrogen-bond donors (Lipinski definition) is 0. The lowest BCUT2D eigenvalue weighted by atomic mass is 10.2. The first kappa shape index (κ1) is 12.1. The molecular weight excluding hydrogens is 350 g/mol. The van der Waals surface area contributed by atoms with E-state index in [1.165, 1.54) is 0 Å². The van der Waals surface area contributed by atoms with Gasteiger partial charge in [0.2, 0.25) is 0 Å². The highest BCUT2D eigenvalue weighted by Crippen LogP contribution is 2.31. The van der Waals surface area contributed by atoms with Crippen LogP contribution in [0.2, 0.25) is 5.02 Å². The monoisotopic (exact) mass is 351 g/mol. The number of alkyl halides is 2. The van der Waals surface area contributed by atoms with Crippen LogP contribution in [0.3, 0.4) is 0 Å². The first-order valence-electron chi connectivity index (χ1n) is 3.27. The predicted octanol–water partition coefficient (Wildman–Crippen LogP) is 3.66. The largest absolute Gasteiger partial charge is 0.281 e. The summed E-state index contributed by atoms with van der Waals surface area (Å²) < 4.78 is 24.7. The molecule has 1 aromatic rings. The summed E-state index contributed by atoms with van der Waals surface area (Å²) in [4.78, 5) is 14.1. The molecule has 0 saturated heterocycles. The van der Waals surface area contributed by atoms with Gasteiger partial charge in [-0.2, -0.15) is 0 Å². The summed E-state index contributed by atoms with van der Waals surface area (Å²) in [5.41, 5.74) is -0.514. The van der Waals surface area contributed by atoms with E-state index in [1.54, 1.807) is 22.6 Å². The van der Waals surface area contributed by atoms with Crippen molar-refractivity contribution in [3.8, 4) is 0 Å². The molecule has 0 spiro atoms. The number of halogens is 5. The van der Waals surface area contributed by atoms with Gasteiger partial charge in [-0.1, -0.05) is 11.6 Å². The van der Waals surface area contributed by atoms with Gasteiger partial charge in [0.05, 0.1) is 10.6 Å². The minimum atomic E-state index is -2.77. The van der Waals surface area contributed by atoms with Crippen LogP contribution < -0.4 is 0 Å². The van der Waals surface area contributed by atoms with E-state index in [1.807, 2.05) is 0 Å². The van der Waals surface area contributed by atoms with Gasteiger partial charge in [-0.3, -0.25) is 9.78 Å². The Bertz CT molecular complexity index is 386. The van der Waals surface area contributed by atoms with E-state index in [4.69, 9.17) is 23.2 Å². The van der Waals surface area contributed by atoms with Crippen molar-refractivity contribution in [2.24, 2.45) is 0 Å². The van der Waals surface area contributed by atoms with Crippen molar-refractivity contribution in [1.29, 1.82) is 0 Å². The predicted molar refractivity (Wildman–Crippen MR) is 57.1 cm³/mol. The fourth-order valence-electron chi connectivity index (χ4n) is 0.767. The van der Waals surface area contributed by atoms with Gasteiger partial charge in [0, 0.05) is 9.77 Å². The number of hydrogen-bond acceptors (Lipinski definition) is 2. The Balaban J connectivity index is 3.33. The first-order chi connectivity index (χ1) is 6.45. The van der Waals surface area contributed by atoms with Gasteiger partial charge in [0.15, 0.2) is 0 Å². The number of pyridine rings is 1. The van der Waals surface area contributed by atoms with Crippen LogP contribution >= 0.6 is 45.8 Å². The third kappa shape index (κ3) is 2.32. The van der Waals surface area contributed by atoms with Gasteiger partial charge < -0.3 is 0 Å². The Hall–Kier alpha value is -0.0100. The molecule has 0 aliphatic heterocycles. The van der Waals surface area contributed by atoms with Crippen LogP contribution in [0.15, 0.2) is 6.20 Å². The van der Waals surface area contributed by atoms with Gasteiger partial charge in [-0.25, -0.2) is 8.78 Å². The van der Waals surface area contributed by atoms with Crippen LogP contribution in [0.1, 0.15) is 22.5 Å². The number of carbonyl (C=O) groups excluding carboxylic acids is 1. The molecule has 0 aromatic carbocycles. The lowest BCUT2D eigenvalue weighted by molar-refractivity contribution is 0.107. The van der Waals surface area contributed by atoms with Crippen molar-refractivity contribution in [2.75, 3.05) is 0 Å². The van der Waals surface area contributed by atoms with Gasteiger partial charge in [-0.05, 0) is 34.2 Å². The van der Waals surface area contributed by atoms with Crippen LogP contribution in [-0.2, 0) is 0 Å². The molecule has 14 heavy (non-hydrogen) atoms. The molecule has 0 saturated carbocycles. The maximum absolute atomic E-state index is 12.3. The van der Waals surface area contributed by atoms with Crippen LogP contribution in [0, 0.1) is 3.57 Å². The maximum Gasteiger partial charge on any atom is 0.281 e. The normalized spacial score (nSPS) is 10.7. The zero-order valence-corrected chi connectivity index (χ0v) is 10.1. The molecule has 0 unspecified atom stereocenters. The molecule has 0 bridgehead atoms. The molecule has 0 N–H and O–H groups in total. The Kier molecular flexibility index (Phi) is 4.03. The standard InChI is InChI=1S/C7H2Cl2F2INO/c8-3-4(12)2(6(9)14)1-13-5(3)7(10)11/h1,7H. The van der Waals surface area contributed by atoms with Crippen LogP contribution in [0.5, 0.6) is 0 Å². The molecule has 76 valence electrons. The first-order valence-corrected chi connectivity index (χ1v) is 5.10. The molecule has 7 heteroatoms. The molecule has 1 rings (SSSR count). The van der Waals surface area contributed by atoms with E-state index < -0.39 is 17.4 Å². The average Bonchev–Trinajstić information content (AvgIpc) is 2.08. The van der Waals surface area contributed by atoms with E-state index in [-0.39, 0.29) is 14.2 Å². The molecule has 0 atom stereocenters. The summed E-state index contributed by atoms with van der Waals surface area (Å²) in [6, 6.07) is 0. The van der Waals surface area contributed by atoms with Gasteiger partial charge in [0.1, 0.15) is 5.69 Å². The van der Waals surface area contributed by atoms with E-state index >= 15 is 0 Å². The summed E-state index contributed by atoms with van der Waals surface area (Å²) in [6.45, 7) is 0. The fraction of sp³-hybridized carbons (Fsp3) is 0.143. The molecule has 1 heterocycles. The Labute approximate surface area is 102 Å². The van der Waals surface area contributed by atoms with E-state index in [0.29, 0.717) is 0 Å². The van der Waals surface area contributed by atoms with Crippen molar-refractivity contribution in [2.45, 2.75) is 6.43 Å². The highest BCUT2D eigenvalue weighted by atomic mass is 127. The number of nitrogens with zero attached hydrogens (tertiary/aromatic N) is 1. The van der Waals surface area contributed by atoms with Crippen LogP contribution in [0.25, 0.3) is 0 Å². The van der Waals surface area contributed by atoms with Crippen LogP contribution in [-0.4, -0.2) is 10.2 Å². The molecule has 0 aliphatic rings. The molecule has 2 nitrogen and oxygen atoms in total. The van der Waals surface area contributed by atoms with Gasteiger partial charge >= 0.3 is 0 Å². The number of aromatic nitrogens is 1. The van der Waals surface area contributed by atoms with Crippen molar-refractivity contribution >= 4 is 51.0 Å². The van der Waals surface area contributed by atoms with Crippen molar-refractivity contribution in [1.82, 2.24) is 4.98 Å². The second-order valence-corrected chi connectivity index (χ2v) is 4.06. The Morgan fingerprint density at radius 2 is 2.14 bits per heavy atom. The number of rotatable bonds is 2. The molecule has 0 amide bonds. The summed E-state index contributed by atoms with van der Waals surface area (Å²) in [5, 5.41) is -1.00. The second kappa shape index (κ2) is 4.67. The van der Waals surface area contributed by atoms with Crippen molar-refractivity contribution in [3.63, 3.8) is 0 Å². The van der Waals surface area contributed by atoms with Gasteiger partial charge in [-0.15, -0.1) is 0 Å². The Morgan fingerprint density at radius 3 is 2.57 bits per heavy atom. The SMILES string of the molecule is O=C(Cl)c1cnc(C(F)F)c(Cl)c1I. The highest BCUT2D eigenvalue weighted by molar-refractivity contribution is 14.1. The minimum absolute atomic E-state index is 0.0293. The smallest absolute Gasteiger partial charge is 0.276 e. The summed E-state index contributed by atoms with van der Waals surface area (Å²) >= 11 is 12.4. The van der Waals surface area contributed by atoms with E-state index in [9.17, 15) is 13.6 Å². The van der Waals surface area contributed by atoms with Gasteiger partial charge in [0.25, 0.3) is 11.7 Å². The number of carbonyl (C=O) groups is 1. The summed E-state index contributed by atoms with van der Waals surface area (Å²) in [6.07, 6.45) is -1.78. The minimum Gasteiger partial charge on any atom is -0.276 e. The van der Waals surface area contributed by atoms with Crippen LogP contribution in [0.4, 0.5) is 8.78 Å². The fourth-order valence-corrected chi connectivity index (χ4v) is 1.96. The van der Waals surface area contributed by atoms with E-state index in [0.717, 1.165) is 6.20 Å². The lowest BCUT2D eigenvalue weighted by Gasteiger charge is -2.05. The average molecular weight is 352 g/mol. The maximum atomic E-state index is 12.3. The molecule has 0 radical (unpaired) electrons. The molecular formula is C7H2Cl2F2INO. The molecule has 0 fully saturated rings. The van der Waals surface area contributed by atoms with Crippen molar-refractivity contribution in [3.05, 3.63) is 26.0 Å². The Morgan fingerprint density at radius 1 is 1.57 bits per heavy atom. The highest BCUT2D eigenvalue weighted by Gasteiger charge is 2.20. The third-order valence-corrected chi connectivity index (χ3v) is 3.43. The molecule has 1 aromatic heterocycles. The molecule has 0 aliphatic carbocycles. The lowest BCUT2D eigenvalue weighted by Crippen LogP contribution is -2.01. The zero-order chi connectivity index (χ0) is 10.9. The quantitative estimate of drug-likeness (QED) is 0.601. The van der Waals surface area contributed by atoms with Crippen molar-refractivity contribution < 1.29 is 13.6 Å². The topological polar surface area (TPSA) is 30.0 Å². The summed E-state index contributed by atoms with van der Waals surface area (Å²) in [7, 11) is 0. The zero-order valence-electron chi connectivity index (χ0n) is 6.40. The second-order valence-electron chi connectivity index (χ2n) is 2.26.